The molecule has 1 amide bonds. The lowest BCUT2D eigenvalue weighted by atomic mass is 10.1. The minimum Gasteiger partial charge on any atom is -0.311 e. The first-order chi connectivity index (χ1) is 10.4. The zero-order valence-electron chi connectivity index (χ0n) is 11.5. The monoisotopic (exact) mass is 315 g/mol. The molecule has 0 unspecified atom stereocenters. The molecule has 0 heterocycles. The van der Waals surface area contributed by atoms with Crippen molar-refractivity contribution in [2.24, 2.45) is 0 Å². The zero-order chi connectivity index (χ0) is 16.3. The summed E-state index contributed by atoms with van der Waals surface area (Å²) in [5.74, 6) is -0.435. The Kier molecular flexibility index (Phi) is 4.39. The van der Waals surface area contributed by atoms with Crippen LogP contribution in [0.25, 0.3) is 0 Å². The van der Waals surface area contributed by atoms with Gasteiger partial charge in [-0.15, -0.1) is 0 Å². The third-order valence-corrected chi connectivity index (χ3v) is 3.38. The maximum atomic E-state index is 12.4. The van der Waals surface area contributed by atoms with Gasteiger partial charge in [0.05, 0.1) is 16.6 Å². The van der Waals surface area contributed by atoms with Gasteiger partial charge in [0.15, 0.2) is 0 Å². The Balaban J connectivity index is 2.37. The summed E-state index contributed by atoms with van der Waals surface area (Å²) < 4.78 is 0. The standard InChI is InChI=1S/C15H10ClN3O3/c1-18(12-4-2-3-10(7-12)9-17)15(20)11-5-6-13(16)14(8-11)19(21)22/h2-8H,1H3. The molecule has 0 aliphatic carbocycles. The molecule has 2 rings (SSSR count). The smallest absolute Gasteiger partial charge is 0.288 e. The van der Waals surface area contributed by atoms with E-state index in [2.05, 4.69) is 0 Å². The van der Waals surface area contributed by atoms with E-state index in [0.717, 1.165) is 6.07 Å². The normalized spacial score (nSPS) is 9.86. The van der Waals surface area contributed by atoms with Gasteiger partial charge in [-0.05, 0) is 30.3 Å². The van der Waals surface area contributed by atoms with Gasteiger partial charge in [0.25, 0.3) is 11.6 Å². The van der Waals surface area contributed by atoms with Gasteiger partial charge in [-0.3, -0.25) is 14.9 Å². The molecule has 2 aromatic carbocycles. The quantitative estimate of drug-likeness (QED) is 0.641. The molecule has 22 heavy (non-hydrogen) atoms. The van der Waals surface area contributed by atoms with E-state index in [1.807, 2.05) is 6.07 Å². The third kappa shape index (κ3) is 3.05. The van der Waals surface area contributed by atoms with Crippen molar-refractivity contribution in [3.8, 4) is 6.07 Å². The molecule has 0 aliphatic heterocycles. The van der Waals surface area contributed by atoms with Crippen LogP contribution >= 0.6 is 11.6 Å². The molecule has 0 bridgehead atoms. The van der Waals surface area contributed by atoms with E-state index in [9.17, 15) is 14.9 Å². The molecule has 0 spiro atoms. The fraction of sp³-hybridized carbons (Fsp3) is 0.0667. The van der Waals surface area contributed by atoms with Gasteiger partial charge >= 0.3 is 0 Å². The van der Waals surface area contributed by atoms with E-state index in [4.69, 9.17) is 16.9 Å². The van der Waals surface area contributed by atoms with Crippen molar-refractivity contribution in [1.29, 1.82) is 5.26 Å². The van der Waals surface area contributed by atoms with Gasteiger partial charge in [-0.25, -0.2) is 0 Å². The molecular formula is C15H10ClN3O3. The highest BCUT2D eigenvalue weighted by Gasteiger charge is 2.19. The number of carbonyl (C=O) groups excluding carboxylic acids is 1. The molecule has 7 heteroatoms. The van der Waals surface area contributed by atoms with Crippen molar-refractivity contribution >= 4 is 28.9 Å². The zero-order valence-corrected chi connectivity index (χ0v) is 12.2. The number of nitro groups is 1. The summed E-state index contributed by atoms with van der Waals surface area (Å²) in [7, 11) is 1.53. The fourth-order valence-corrected chi connectivity index (χ4v) is 2.07. The molecule has 0 aliphatic rings. The first kappa shape index (κ1) is 15.5. The predicted molar refractivity (Wildman–Crippen MR) is 82.0 cm³/mol. The molecule has 0 saturated carbocycles. The largest absolute Gasteiger partial charge is 0.311 e. The van der Waals surface area contributed by atoms with E-state index >= 15 is 0 Å². The van der Waals surface area contributed by atoms with E-state index < -0.39 is 10.8 Å². The van der Waals surface area contributed by atoms with Crippen LogP contribution < -0.4 is 4.90 Å². The molecule has 0 fully saturated rings. The Morgan fingerprint density at radius 3 is 2.68 bits per heavy atom. The summed E-state index contributed by atoms with van der Waals surface area (Å²) in [6.45, 7) is 0. The van der Waals surface area contributed by atoms with Crippen molar-refractivity contribution in [3.05, 3.63) is 68.7 Å². The van der Waals surface area contributed by atoms with Crippen LogP contribution in [0.5, 0.6) is 0 Å². The van der Waals surface area contributed by atoms with Gasteiger partial charge in [-0.2, -0.15) is 5.26 Å². The molecule has 6 nitrogen and oxygen atoms in total. The van der Waals surface area contributed by atoms with Crippen molar-refractivity contribution < 1.29 is 9.72 Å². The molecule has 0 atom stereocenters. The van der Waals surface area contributed by atoms with Crippen molar-refractivity contribution in [2.75, 3.05) is 11.9 Å². The third-order valence-electron chi connectivity index (χ3n) is 3.06. The number of nitro benzene ring substituents is 1. The van der Waals surface area contributed by atoms with Crippen LogP contribution in [-0.4, -0.2) is 17.9 Å². The average Bonchev–Trinajstić information content (AvgIpc) is 2.53. The minimum absolute atomic E-state index is 0.0318. The van der Waals surface area contributed by atoms with E-state index in [-0.39, 0.29) is 16.3 Å². The first-order valence-corrected chi connectivity index (χ1v) is 6.54. The topological polar surface area (TPSA) is 87.2 Å². The minimum atomic E-state index is -0.643. The first-order valence-electron chi connectivity index (χ1n) is 6.16. The Labute approximate surface area is 131 Å². The lowest BCUT2D eigenvalue weighted by Crippen LogP contribution is -2.26. The highest BCUT2D eigenvalue weighted by atomic mass is 35.5. The summed E-state index contributed by atoms with van der Waals surface area (Å²) >= 11 is 5.73. The summed E-state index contributed by atoms with van der Waals surface area (Å²) in [5.41, 5.74) is 0.744. The van der Waals surface area contributed by atoms with Crippen LogP contribution in [0.2, 0.25) is 5.02 Å². The number of halogens is 1. The summed E-state index contributed by atoms with van der Waals surface area (Å²) in [6, 6.07) is 12.4. The SMILES string of the molecule is CN(C(=O)c1ccc(Cl)c([N+](=O)[O-])c1)c1cccc(C#N)c1. The van der Waals surface area contributed by atoms with Crippen LogP contribution in [0.4, 0.5) is 11.4 Å². The van der Waals surface area contributed by atoms with E-state index in [1.165, 1.54) is 24.1 Å². The number of carbonyl (C=O) groups is 1. The van der Waals surface area contributed by atoms with E-state index in [0.29, 0.717) is 11.3 Å². The second kappa shape index (κ2) is 6.24. The van der Waals surface area contributed by atoms with Gasteiger partial charge in [0, 0.05) is 24.4 Å². The number of benzene rings is 2. The molecular weight excluding hydrogens is 306 g/mol. The molecule has 0 N–H and O–H groups in total. The Hall–Kier alpha value is -2.91. The van der Waals surface area contributed by atoms with Crippen LogP contribution in [-0.2, 0) is 0 Å². The number of nitriles is 1. The lowest BCUT2D eigenvalue weighted by Gasteiger charge is -2.17. The molecule has 0 saturated heterocycles. The van der Waals surface area contributed by atoms with Crippen LogP contribution in [0, 0.1) is 21.4 Å². The number of anilines is 1. The maximum absolute atomic E-state index is 12.4. The summed E-state index contributed by atoms with van der Waals surface area (Å²) in [5, 5.41) is 19.7. The molecule has 2 aromatic rings. The number of rotatable bonds is 3. The lowest BCUT2D eigenvalue weighted by molar-refractivity contribution is -0.384. The van der Waals surface area contributed by atoms with Crippen molar-refractivity contribution in [1.82, 2.24) is 0 Å². The van der Waals surface area contributed by atoms with Crippen LogP contribution in [0.15, 0.2) is 42.5 Å². The maximum Gasteiger partial charge on any atom is 0.288 e. The Morgan fingerprint density at radius 1 is 1.32 bits per heavy atom. The second-order valence-electron chi connectivity index (χ2n) is 4.45. The van der Waals surface area contributed by atoms with Crippen molar-refractivity contribution in [3.63, 3.8) is 0 Å². The highest BCUT2D eigenvalue weighted by molar-refractivity contribution is 6.32. The summed E-state index contributed by atoms with van der Waals surface area (Å²) in [6.07, 6.45) is 0. The van der Waals surface area contributed by atoms with Gasteiger partial charge in [0.2, 0.25) is 0 Å². The van der Waals surface area contributed by atoms with Crippen LogP contribution in [0.1, 0.15) is 15.9 Å². The Bertz CT molecular complexity index is 799. The van der Waals surface area contributed by atoms with E-state index in [1.54, 1.807) is 24.3 Å². The molecule has 110 valence electrons. The average molecular weight is 316 g/mol. The second-order valence-corrected chi connectivity index (χ2v) is 4.86. The van der Waals surface area contributed by atoms with Crippen LogP contribution in [0.3, 0.4) is 0 Å². The number of hydrogen-bond acceptors (Lipinski definition) is 4. The number of amides is 1. The molecule has 0 radical (unpaired) electrons. The van der Waals surface area contributed by atoms with Gasteiger partial charge in [-0.1, -0.05) is 17.7 Å². The summed E-state index contributed by atoms with van der Waals surface area (Å²) in [4.78, 5) is 24.0. The predicted octanol–water partition coefficient (Wildman–Crippen LogP) is 3.40. The Morgan fingerprint density at radius 2 is 2.05 bits per heavy atom. The molecule has 0 aromatic heterocycles. The fourth-order valence-electron chi connectivity index (χ4n) is 1.88. The van der Waals surface area contributed by atoms with Gasteiger partial charge < -0.3 is 4.90 Å². The van der Waals surface area contributed by atoms with Crippen molar-refractivity contribution in [2.45, 2.75) is 0 Å². The number of hydrogen-bond donors (Lipinski definition) is 0. The van der Waals surface area contributed by atoms with Gasteiger partial charge in [0.1, 0.15) is 5.02 Å². The highest BCUT2D eigenvalue weighted by Crippen LogP contribution is 2.26. The number of nitrogens with zero attached hydrogens (tertiary/aromatic N) is 3.